The van der Waals surface area contributed by atoms with Gasteiger partial charge in [-0.15, -0.1) is 0 Å². The monoisotopic (exact) mass is 244 g/mol. The summed E-state index contributed by atoms with van der Waals surface area (Å²) in [7, 11) is -1.75. The Hall–Kier alpha value is -0.613. The maximum atomic E-state index is 11.5. The quantitative estimate of drug-likeness (QED) is 0.458. The first-order valence-electron chi connectivity index (χ1n) is 5.61. The number of aliphatic hydroxyl groups excluding tert-OH is 1. The molecule has 0 saturated carbocycles. The van der Waals surface area contributed by atoms with E-state index in [1.54, 1.807) is 27.7 Å². The van der Waals surface area contributed by atoms with Gasteiger partial charge < -0.3 is 9.53 Å². The van der Waals surface area contributed by atoms with Gasteiger partial charge in [-0.05, 0) is 33.5 Å². The Kier molecular flexibility index (Phi) is 4.95. The van der Waals surface area contributed by atoms with Crippen LogP contribution in [0.3, 0.4) is 0 Å². The molecule has 0 spiro atoms. The van der Waals surface area contributed by atoms with E-state index < -0.39 is 13.9 Å². The fraction of sp³-hybridized carbons (Fsp3) is 0.750. The lowest BCUT2D eigenvalue weighted by atomic mass is 10.0. The third-order valence-electron chi connectivity index (χ3n) is 2.03. The lowest BCUT2D eigenvalue weighted by Gasteiger charge is -2.32. The number of hydrogen-bond acceptors (Lipinski definition) is 3. The molecule has 3 nitrogen and oxygen atoms in total. The summed E-state index contributed by atoms with van der Waals surface area (Å²) in [5.41, 5.74) is -0.783. The highest BCUT2D eigenvalue weighted by Crippen LogP contribution is 2.24. The van der Waals surface area contributed by atoms with Gasteiger partial charge in [0.05, 0.1) is 0 Å². The molecule has 0 aromatic carbocycles. The predicted molar refractivity (Wildman–Crippen MR) is 69.1 cm³/mol. The molecular formula is C12H24O3Si. The first kappa shape index (κ1) is 15.4. The van der Waals surface area contributed by atoms with Crippen molar-refractivity contribution in [1.29, 1.82) is 0 Å². The summed E-state index contributed by atoms with van der Waals surface area (Å²) in [4.78, 5) is 11.5. The lowest BCUT2D eigenvalue weighted by Crippen LogP contribution is -2.40. The van der Waals surface area contributed by atoms with Crippen LogP contribution in [-0.4, -0.2) is 24.8 Å². The van der Waals surface area contributed by atoms with Crippen molar-refractivity contribution >= 4 is 14.1 Å². The minimum atomic E-state index is -1.75. The molecule has 0 aromatic rings. The Bertz CT molecular complexity index is 285. The van der Waals surface area contributed by atoms with E-state index in [-0.39, 0.29) is 17.5 Å². The lowest BCUT2D eigenvalue weighted by molar-refractivity contribution is -0.117. The van der Waals surface area contributed by atoms with E-state index >= 15 is 0 Å². The van der Waals surface area contributed by atoms with Gasteiger partial charge in [0.15, 0.2) is 14.1 Å². The molecule has 0 aliphatic rings. The second kappa shape index (κ2) is 5.14. The molecule has 0 saturated heterocycles. The molecule has 0 rings (SSSR count). The van der Waals surface area contributed by atoms with E-state index in [1.807, 2.05) is 19.6 Å². The van der Waals surface area contributed by atoms with Crippen LogP contribution in [0.25, 0.3) is 0 Å². The maximum absolute atomic E-state index is 11.5. The van der Waals surface area contributed by atoms with E-state index in [0.717, 1.165) is 0 Å². The molecule has 94 valence electrons. The average Bonchev–Trinajstić information content (AvgIpc) is 1.98. The number of hydrogen-bond donors (Lipinski definition) is 1. The number of rotatable bonds is 5. The summed E-state index contributed by atoms with van der Waals surface area (Å²) in [6.45, 7) is 13.3. The molecule has 0 atom stereocenters. The van der Waals surface area contributed by atoms with Gasteiger partial charge in [-0.2, -0.15) is 0 Å². The summed E-state index contributed by atoms with van der Waals surface area (Å²) >= 11 is 0. The first-order chi connectivity index (χ1) is 6.96. The molecule has 0 heterocycles. The van der Waals surface area contributed by atoms with Crippen molar-refractivity contribution in [3.8, 4) is 0 Å². The van der Waals surface area contributed by atoms with Crippen LogP contribution in [0.1, 0.15) is 27.7 Å². The third-order valence-corrected chi connectivity index (χ3v) is 3.15. The Labute approximate surface area is 99.6 Å². The maximum Gasteiger partial charge on any atom is 0.185 e. The van der Waals surface area contributed by atoms with Crippen molar-refractivity contribution in [3.63, 3.8) is 0 Å². The van der Waals surface area contributed by atoms with Gasteiger partial charge >= 0.3 is 0 Å². The van der Waals surface area contributed by atoms with Gasteiger partial charge in [0, 0.05) is 12.0 Å². The standard InChI is InChI=1S/C12H24O3Si/c1-9(2)10(13)8-11(14)12(3,4)15-16(5,6)7/h8-9,14H,1-7H3. The predicted octanol–water partition coefficient (Wildman–Crippen LogP) is 3.28. The van der Waals surface area contributed by atoms with Crippen LogP contribution >= 0.6 is 0 Å². The molecule has 0 unspecified atom stereocenters. The van der Waals surface area contributed by atoms with Gasteiger partial charge in [-0.3, -0.25) is 4.79 Å². The van der Waals surface area contributed by atoms with Crippen LogP contribution in [0.2, 0.25) is 19.6 Å². The topological polar surface area (TPSA) is 46.5 Å². The SMILES string of the molecule is CC(C)C(=O)C=C(O)C(C)(C)O[Si](C)(C)C. The molecule has 0 bridgehead atoms. The zero-order valence-electron chi connectivity index (χ0n) is 11.4. The van der Waals surface area contributed by atoms with Gasteiger partial charge in [0.1, 0.15) is 11.4 Å². The Morgan fingerprint density at radius 3 is 2.06 bits per heavy atom. The van der Waals surface area contributed by atoms with Crippen molar-refractivity contribution in [2.24, 2.45) is 5.92 Å². The summed E-state index contributed by atoms with van der Waals surface area (Å²) < 4.78 is 5.84. The molecule has 0 aliphatic carbocycles. The molecule has 1 N–H and O–H groups in total. The van der Waals surface area contributed by atoms with Crippen molar-refractivity contribution in [3.05, 3.63) is 11.8 Å². The van der Waals surface area contributed by atoms with Crippen LogP contribution in [-0.2, 0) is 9.22 Å². The summed E-state index contributed by atoms with van der Waals surface area (Å²) in [6, 6.07) is 0. The molecule has 0 fully saturated rings. The van der Waals surface area contributed by atoms with Crippen LogP contribution in [0.5, 0.6) is 0 Å². The molecule has 0 amide bonds. The van der Waals surface area contributed by atoms with Crippen molar-refractivity contribution < 1.29 is 14.3 Å². The van der Waals surface area contributed by atoms with Crippen LogP contribution < -0.4 is 0 Å². The smallest absolute Gasteiger partial charge is 0.185 e. The number of allylic oxidation sites excluding steroid dienone is 1. The second-order valence-electron chi connectivity index (χ2n) is 5.81. The van der Waals surface area contributed by atoms with Crippen LogP contribution in [0, 0.1) is 5.92 Å². The molecule has 0 aliphatic heterocycles. The zero-order valence-corrected chi connectivity index (χ0v) is 12.4. The number of ketones is 1. The van der Waals surface area contributed by atoms with Crippen LogP contribution in [0.15, 0.2) is 11.8 Å². The number of carbonyl (C=O) groups excluding carboxylic acids is 1. The van der Waals surface area contributed by atoms with Gasteiger partial charge in [0.25, 0.3) is 0 Å². The minimum absolute atomic E-state index is 0.00799. The normalized spacial score (nSPS) is 14.4. The second-order valence-corrected chi connectivity index (χ2v) is 10.2. The molecule has 16 heavy (non-hydrogen) atoms. The molecule has 4 heteroatoms. The minimum Gasteiger partial charge on any atom is -0.509 e. The zero-order chi connectivity index (χ0) is 13.1. The van der Waals surface area contributed by atoms with Crippen LogP contribution in [0.4, 0.5) is 0 Å². The largest absolute Gasteiger partial charge is 0.509 e. The Morgan fingerprint density at radius 2 is 1.75 bits per heavy atom. The highest BCUT2D eigenvalue weighted by atomic mass is 28.4. The summed E-state index contributed by atoms with van der Waals surface area (Å²) in [6.07, 6.45) is 1.28. The highest BCUT2D eigenvalue weighted by molar-refractivity contribution is 6.69. The van der Waals surface area contributed by atoms with E-state index in [9.17, 15) is 9.90 Å². The highest BCUT2D eigenvalue weighted by Gasteiger charge is 2.31. The van der Waals surface area contributed by atoms with Crippen molar-refractivity contribution in [1.82, 2.24) is 0 Å². The fourth-order valence-electron chi connectivity index (χ4n) is 1.29. The molecular weight excluding hydrogens is 220 g/mol. The molecule has 0 radical (unpaired) electrons. The average molecular weight is 244 g/mol. The third kappa shape index (κ3) is 5.46. The fourth-order valence-corrected chi connectivity index (χ4v) is 2.93. The van der Waals surface area contributed by atoms with Gasteiger partial charge in [-0.25, -0.2) is 0 Å². The van der Waals surface area contributed by atoms with E-state index in [4.69, 9.17) is 4.43 Å². The van der Waals surface area contributed by atoms with Crippen molar-refractivity contribution in [2.45, 2.75) is 52.9 Å². The Morgan fingerprint density at radius 1 is 1.31 bits per heavy atom. The molecule has 0 aromatic heterocycles. The van der Waals surface area contributed by atoms with Gasteiger partial charge in [0.2, 0.25) is 0 Å². The van der Waals surface area contributed by atoms with Gasteiger partial charge in [-0.1, -0.05) is 13.8 Å². The van der Waals surface area contributed by atoms with E-state index in [0.29, 0.717) is 0 Å². The first-order valence-corrected chi connectivity index (χ1v) is 9.01. The van der Waals surface area contributed by atoms with E-state index in [2.05, 4.69) is 0 Å². The summed E-state index contributed by atoms with van der Waals surface area (Å²) in [5.74, 6) is -0.178. The Balaban J connectivity index is 4.82. The number of carbonyl (C=O) groups is 1. The van der Waals surface area contributed by atoms with Crippen molar-refractivity contribution in [2.75, 3.05) is 0 Å². The van der Waals surface area contributed by atoms with E-state index in [1.165, 1.54) is 6.08 Å². The number of aliphatic hydroxyl groups is 1. The summed E-state index contributed by atoms with van der Waals surface area (Å²) in [5, 5.41) is 9.90.